The third-order valence-electron chi connectivity index (χ3n) is 5.97. The molecule has 1 aliphatic rings. The van der Waals surface area contributed by atoms with E-state index in [1.54, 1.807) is 7.11 Å². The fourth-order valence-electron chi connectivity index (χ4n) is 4.15. The summed E-state index contributed by atoms with van der Waals surface area (Å²) in [6, 6.07) is 26.7. The normalized spacial score (nSPS) is 14.2. The predicted octanol–water partition coefficient (Wildman–Crippen LogP) is 3.84. The zero-order valence-electron chi connectivity index (χ0n) is 18.7. The van der Waals surface area contributed by atoms with E-state index in [-0.39, 0.29) is 5.91 Å². The molecule has 0 spiro atoms. The van der Waals surface area contributed by atoms with Gasteiger partial charge in [0.05, 0.1) is 19.2 Å². The highest BCUT2D eigenvalue weighted by Gasteiger charge is 2.19. The number of hydrogen-bond donors (Lipinski definition) is 1. The van der Waals surface area contributed by atoms with Crippen molar-refractivity contribution in [3.63, 3.8) is 0 Å². The Morgan fingerprint density at radius 2 is 1.50 bits per heavy atom. The van der Waals surface area contributed by atoms with E-state index in [0.717, 1.165) is 49.7 Å². The van der Waals surface area contributed by atoms with Crippen LogP contribution in [-0.2, 0) is 11.2 Å². The van der Waals surface area contributed by atoms with E-state index >= 15 is 0 Å². The first-order valence-corrected chi connectivity index (χ1v) is 11.2. The summed E-state index contributed by atoms with van der Waals surface area (Å²) in [7, 11) is 1.72. The van der Waals surface area contributed by atoms with Gasteiger partial charge in [0.1, 0.15) is 5.75 Å². The molecule has 1 saturated heterocycles. The molecular formula is C27H31N3O2. The molecule has 5 heteroatoms. The van der Waals surface area contributed by atoms with E-state index in [9.17, 15) is 4.79 Å². The molecule has 1 fully saturated rings. The third kappa shape index (κ3) is 5.68. The van der Waals surface area contributed by atoms with E-state index in [4.69, 9.17) is 4.74 Å². The number of benzene rings is 3. The number of carbonyl (C=O) groups is 1. The van der Waals surface area contributed by atoms with Crippen LogP contribution in [0.25, 0.3) is 11.1 Å². The third-order valence-corrected chi connectivity index (χ3v) is 5.97. The molecule has 3 aromatic carbocycles. The smallest absolute Gasteiger partial charge is 0.224 e. The van der Waals surface area contributed by atoms with Crippen LogP contribution in [-0.4, -0.2) is 57.2 Å². The fraction of sp³-hybridized carbons (Fsp3) is 0.296. The number of rotatable bonds is 8. The number of amides is 1. The first-order chi connectivity index (χ1) is 15.7. The SMILES string of the molecule is COc1ccccc1N1CCN(CCNC(=O)Cc2ccc(-c3ccccc3)cc2)CC1. The quantitative estimate of drug-likeness (QED) is 0.591. The largest absolute Gasteiger partial charge is 0.495 e. The number of carbonyl (C=O) groups excluding carboxylic acids is 1. The molecule has 3 aromatic rings. The average molecular weight is 430 g/mol. The van der Waals surface area contributed by atoms with Gasteiger partial charge in [-0.3, -0.25) is 9.69 Å². The number of hydrogen-bond acceptors (Lipinski definition) is 4. The van der Waals surface area contributed by atoms with Crippen LogP contribution in [0.3, 0.4) is 0 Å². The molecule has 4 rings (SSSR count). The second-order valence-corrected chi connectivity index (χ2v) is 8.09. The topological polar surface area (TPSA) is 44.8 Å². The Bertz CT molecular complexity index is 997. The van der Waals surface area contributed by atoms with Crippen LogP contribution in [0.2, 0.25) is 0 Å². The Balaban J connectivity index is 1.18. The molecule has 1 N–H and O–H groups in total. The Hall–Kier alpha value is -3.31. The van der Waals surface area contributed by atoms with Gasteiger partial charge in [-0.05, 0) is 28.8 Å². The highest BCUT2D eigenvalue weighted by Crippen LogP contribution is 2.28. The maximum Gasteiger partial charge on any atom is 0.224 e. The number of anilines is 1. The van der Waals surface area contributed by atoms with Crippen molar-refractivity contribution in [1.29, 1.82) is 0 Å². The van der Waals surface area contributed by atoms with Gasteiger partial charge in [-0.2, -0.15) is 0 Å². The Kier molecular flexibility index (Phi) is 7.41. The van der Waals surface area contributed by atoms with Crippen molar-refractivity contribution in [3.8, 4) is 16.9 Å². The van der Waals surface area contributed by atoms with Crippen LogP contribution < -0.4 is 15.0 Å². The molecule has 32 heavy (non-hydrogen) atoms. The molecule has 0 aliphatic carbocycles. The lowest BCUT2D eigenvalue weighted by Gasteiger charge is -2.36. The summed E-state index contributed by atoms with van der Waals surface area (Å²) in [5.41, 5.74) is 4.55. The van der Waals surface area contributed by atoms with Gasteiger partial charge in [-0.1, -0.05) is 66.7 Å². The molecule has 0 unspecified atom stereocenters. The number of ether oxygens (including phenoxy) is 1. The zero-order chi connectivity index (χ0) is 22.2. The fourth-order valence-corrected chi connectivity index (χ4v) is 4.15. The van der Waals surface area contributed by atoms with Gasteiger partial charge >= 0.3 is 0 Å². The molecule has 0 bridgehead atoms. The molecule has 0 saturated carbocycles. The molecule has 1 heterocycles. The molecular weight excluding hydrogens is 398 g/mol. The first kappa shape index (κ1) is 21.9. The lowest BCUT2D eigenvalue weighted by Crippen LogP contribution is -2.48. The monoisotopic (exact) mass is 429 g/mol. The van der Waals surface area contributed by atoms with Gasteiger partial charge in [0.25, 0.3) is 0 Å². The van der Waals surface area contributed by atoms with Crippen molar-refractivity contribution >= 4 is 11.6 Å². The minimum absolute atomic E-state index is 0.0742. The summed E-state index contributed by atoms with van der Waals surface area (Å²) < 4.78 is 5.49. The van der Waals surface area contributed by atoms with E-state index in [0.29, 0.717) is 13.0 Å². The van der Waals surface area contributed by atoms with E-state index < -0.39 is 0 Å². The molecule has 0 atom stereocenters. The summed E-state index contributed by atoms with van der Waals surface area (Å²) >= 11 is 0. The van der Waals surface area contributed by atoms with Crippen molar-refractivity contribution in [3.05, 3.63) is 84.4 Å². The van der Waals surface area contributed by atoms with Crippen LogP contribution in [0.4, 0.5) is 5.69 Å². The van der Waals surface area contributed by atoms with Crippen molar-refractivity contribution in [2.75, 3.05) is 51.3 Å². The summed E-state index contributed by atoms with van der Waals surface area (Å²) in [6.07, 6.45) is 0.413. The van der Waals surface area contributed by atoms with Gasteiger partial charge in [-0.15, -0.1) is 0 Å². The van der Waals surface area contributed by atoms with E-state index in [1.807, 2.05) is 42.5 Å². The number of methoxy groups -OCH3 is 1. The van der Waals surface area contributed by atoms with Gasteiger partial charge in [0.15, 0.2) is 0 Å². The van der Waals surface area contributed by atoms with Crippen LogP contribution in [0, 0.1) is 0 Å². The highest BCUT2D eigenvalue weighted by atomic mass is 16.5. The molecule has 1 amide bonds. The second kappa shape index (κ2) is 10.8. The summed E-state index contributed by atoms with van der Waals surface area (Å²) in [5, 5.41) is 3.07. The lowest BCUT2D eigenvalue weighted by atomic mass is 10.0. The highest BCUT2D eigenvalue weighted by molar-refractivity contribution is 5.78. The van der Waals surface area contributed by atoms with Gasteiger partial charge < -0.3 is 15.0 Å². The van der Waals surface area contributed by atoms with Crippen LogP contribution >= 0.6 is 0 Å². The van der Waals surface area contributed by atoms with Crippen LogP contribution in [0.5, 0.6) is 5.75 Å². The summed E-state index contributed by atoms with van der Waals surface area (Å²) in [5.74, 6) is 0.995. The maximum absolute atomic E-state index is 12.4. The number of piperazine rings is 1. The molecule has 0 radical (unpaired) electrons. The zero-order valence-corrected chi connectivity index (χ0v) is 18.7. The average Bonchev–Trinajstić information content (AvgIpc) is 2.85. The van der Waals surface area contributed by atoms with Gasteiger partial charge in [0.2, 0.25) is 5.91 Å². The van der Waals surface area contributed by atoms with Gasteiger partial charge in [-0.25, -0.2) is 0 Å². The Morgan fingerprint density at radius 3 is 2.22 bits per heavy atom. The minimum Gasteiger partial charge on any atom is -0.495 e. The number of nitrogens with one attached hydrogen (secondary N) is 1. The van der Waals surface area contributed by atoms with Gasteiger partial charge in [0, 0.05) is 39.3 Å². The molecule has 1 aliphatic heterocycles. The summed E-state index contributed by atoms with van der Waals surface area (Å²) in [6.45, 7) is 5.43. The second-order valence-electron chi connectivity index (χ2n) is 8.09. The lowest BCUT2D eigenvalue weighted by molar-refractivity contribution is -0.120. The summed E-state index contributed by atoms with van der Waals surface area (Å²) in [4.78, 5) is 17.1. The minimum atomic E-state index is 0.0742. The number of nitrogens with zero attached hydrogens (tertiary/aromatic N) is 2. The van der Waals surface area contributed by atoms with Crippen molar-refractivity contribution in [2.24, 2.45) is 0 Å². The predicted molar refractivity (Wildman–Crippen MR) is 130 cm³/mol. The van der Waals surface area contributed by atoms with E-state index in [2.05, 4.69) is 51.5 Å². The maximum atomic E-state index is 12.4. The number of para-hydroxylation sites is 2. The van der Waals surface area contributed by atoms with E-state index in [1.165, 1.54) is 11.1 Å². The Morgan fingerprint density at radius 1 is 0.844 bits per heavy atom. The van der Waals surface area contributed by atoms with Crippen LogP contribution in [0.15, 0.2) is 78.9 Å². The van der Waals surface area contributed by atoms with Crippen molar-refractivity contribution in [2.45, 2.75) is 6.42 Å². The molecule has 166 valence electrons. The Labute approximate surface area is 190 Å². The van der Waals surface area contributed by atoms with Crippen molar-refractivity contribution < 1.29 is 9.53 Å². The molecule has 5 nitrogen and oxygen atoms in total. The standard InChI is InChI=1S/C27H31N3O2/c1-32-26-10-6-5-9-25(26)30-19-17-29(18-20-30)16-15-28-27(31)21-22-11-13-24(14-12-22)23-7-3-2-4-8-23/h2-14H,15-21H2,1H3,(H,28,31). The van der Waals surface area contributed by atoms with Crippen LogP contribution in [0.1, 0.15) is 5.56 Å². The molecule has 0 aromatic heterocycles. The first-order valence-electron chi connectivity index (χ1n) is 11.2. The van der Waals surface area contributed by atoms with Crippen molar-refractivity contribution in [1.82, 2.24) is 10.2 Å².